The van der Waals surface area contributed by atoms with Gasteiger partial charge >= 0.3 is 0 Å². The van der Waals surface area contributed by atoms with Gasteiger partial charge in [-0.25, -0.2) is 15.0 Å². The smallest absolute Gasteiger partial charge is 0.220 e. The number of rotatable bonds is 8. The van der Waals surface area contributed by atoms with E-state index in [0.29, 0.717) is 5.82 Å². The molecule has 0 aliphatic rings. The second-order valence-electron chi connectivity index (χ2n) is 16.1. The quantitative estimate of drug-likeness (QED) is 0.153. The predicted octanol–water partition coefficient (Wildman–Crippen LogP) is 14.9. The highest BCUT2D eigenvalue weighted by molar-refractivity contribution is 5.99. The maximum Gasteiger partial charge on any atom is 0.220 e. The van der Waals surface area contributed by atoms with Crippen molar-refractivity contribution in [3.05, 3.63) is 237 Å². The summed E-state index contributed by atoms with van der Waals surface area (Å²) in [4.78, 5) is 16.2. The summed E-state index contributed by atoms with van der Waals surface area (Å²) in [6.45, 7) is 0. The molecule has 9 aromatic carbocycles. The van der Waals surface area contributed by atoms with Gasteiger partial charge in [0, 0.05) is 27.8 Å². The number of nitrogens with zero attached hydrogens (tertiary/aromatic N) is 5. The van der Waals surface area contributed by atoms with Crippen molar-refractivity contribution in [2.45, 2.75) is 0 Å². The molecule has 0 saturated heterocycles. The van der Waals surface area contributed by atoms with E-state index >= 15 is 0 Å². The van der Waals surface area contributed by atoms with Gasteiger partial charge in [0.05, 0.1) is 39.1 Å². The topological polar surface area (TPSA) is 48.0 Å². The molecule has 0 unspecified atom stereocenters. The van der Waals surface area contributed by atoms with Crippen molar-refractivity contribution in [2.24, 2.45) is 0 Å². The third-order valence-corrected chi connectivity index (χ3v) is 12.1. The van der Waals surface area contributed by atoms with Crippen LogP contribution in [-0.2, 0) is 0 Å². The molecule has 0 amide bonds. The minimum atomic E-state index is 0.649. The van der Waals surface area contributed by atoms with Crippen LogP contribution in [0.4, 0.5) is 0 Å². The van der Waals surface area contributed by atoms with Gasteiger partial charge in [-0.15, -0.1) is 0 Å². The minimum absolute atomic E-state index is 0.649. The first kappa shape index (κ1) is 37.1. The Labute approximate surface area is 370 Å². The Hall–Kier alpha value is -8.67. The van der Waals surface area contributed by atoms with Crippen LogP contribution in [-0.4, -0.2) is 23.9 Å². The molecule has 300 valence electrons. The Morgan fingerprint density at radius 2 is 0.703 bits per heavy atom. The molecule has 5 heteroatoms. The van der Waals surface area contributed by atoms with Gasteiger partial charge in [0.1, 0.15) is 0 Å². The summed E-state index contributed by atoms with van der Waals surface area (Å²) in [6.07, 6.45) is 0. The summed E-state index contributed by atoms with van der Waals surface area (Å²) in [7, 11) is 0. The maximum atomic E-state index is 5.51. The number of benzene rings is 9. The SMILES string of the molecule is c1ccc(-c2ccc3nc4n(-c5c(-c6ccccc6)cc(-c6nc(-c7ccccc7)cc(-c7ccccc7)n6)cc5-c5ccccc5)c5ccc(-c6ccccc6)cc5n4c3c2)cc1. The van der Waals surface area contributed by atoms with Crippen LogP contribution < -0.4 is 0 Å². The first-order chi connectivity index (χ1) is 31.7. The van der Waals surface area contributed by atoms with Crippen LogP contribution in [0.25, 0.3) is 112 Å². The third-order valence-electron chi connectivity index (χ3n) is 12.1. The van der Waals surface area contributed by atoms with Crippen molar-refractivity contribution in [2.75, 3.05) is 0 Å². The van der Waals surface area contributed by atoms with Crippen molar-refractivity contribution in [3.8, 4) is 84.1 Å². The Balaban J connectivity index is 1.19. The molecule has 0 fully saturated rings. The fraction of sp³-hybridized carbons (Fsp3) is 0. The van der Waals surface area contributed by atoms with Gasteiger partial charge in [-0.2, -0.15) is 0 Å². The Morgan fingerprint density at radius 3 is 1.19 bits per heavy atom. The Bertz CT molecular complexity index is 3500. The van der Waals surface area contributed by atoms with E-state index < -0.39 is 0 Å². The van der Waals surface area contributed by atoms with Crippen LogP contribution in [0.3, 0.4) is 0 Å². The fourth-order valence-electron chi connectivity index (χ4n) is 9.06. The minimum Gasteiger partial charge on any atom is -0.277 e. The zero-order valence-corrected chi connectivity index (χ0v) is 34.8. The van der Waals surface area contributed by atoms with Gasteiger partial charge < -0.3 is 0 Å². The molecule has 0 saturated carbocycles. The van der Waals surface area contributed by atoms with Crippen LogP contribution >= 0.6 is 0 Å². The van der Waals surface area contributed by atoms with E-state index in [1.54, 1.807) is 0 Å². The second kappa shape index (κ2) is 15.7. The molecule has 0 atom stereocenters. The largest absolute Gasteiger partial charge is 0.277 e. The van der Waals surface area contributed by atoms with Gasteiger partial charge in [-0.1, -0.05) is 194 Å². The molecule has 0 spiro atoms. The standard InChI is InChI=1S/C59H39N5/c1-7-19-40(20-8-1)46-31-33-51-55(37-46)63-56-38-47(41-21-9-2-10-22-41)32-34-54(56)64(59(63)62-51)57-49(42-23-11-3-12-24-42)35-48(36-50(57)43-25-13-4-14-26-43)58-60-52(44-27-15-5-16-28-44)39-53(61-58)45-29-17-6-18-30-45/h1-39H. The lowest BCUT2D eigenvalue weighted by atomic mass is 9.92. The molecule has 3 heterocycles. The molecule has 12 aromatic rings. The first-order valence-electron chi connectivity index (χ1n) is 21.6. The second-order valence-corrected chi connectivity index (χ2v) is 16.1. The van der Waals surface area contributed by atoms with Gasteiger partial charge in [-0.05, 0) is 75.8 Å². The summed E-state index contributed by atoms with van der Waals surface area (Å²) in [6, 6.07) is 83.3. The van der Waals surface area contributed by atoms with Crippen molar-refractivity contribution in [1.29, 1.82) is 0 Å². The summed E-state index contributed by atoms with van der Waals surface area (Å²) < 4.78 is 4.72. The molecule has 0 N–H and O–H groups in total. The van der Waals surface area contributed by atoms with E-state index in [-0.39, 0.29) is 0 Å². The summed E-state index contributed by atoms with van der Waals surface area (Å²) >= 11 is 0. The van der Waals surface area contributed by atoms with Crippen molar-refractivity contribution < 1.29 is 0 Å². The molecule has 0 radical (unpaired) electrons. The zero-order valence-electron chi connectivity index (χ0n) is 34.8. The van der Waals surface area contributed by atoms with E-state index in [4.69, 9.17) is 15.0 Å². The summed E-state index contributed by atoms with van der Waals surface area (Å²) in [5, 5.41) is 0. The monoisotopic (exact) mass is 817 g/mol. The van der Waals surface area contributed by atoms with Crippen LogP contribution in [0.2, 0.25) is 0 Å². The number of imidazole rings is 2. The lowest BCUT2D eigenvalue weighted by molar-refractivity contribution is 1.11. The molecule has 0 aliphatic heterocycles. The maximum absolute atomic E-state index is 5.51. The normalized spacial score (nSPS) is 11.4. The first-order valence-corrected chi connectivity index (χ1v) is 21.6. The Morgan fingerprint density at radius 1 is 0.281 bits per heavy atom. The molecule has 12 rings (SSSR count). The molecular formula is C59H39N5. The van der Waals surface area contributed by atoms with Crippen molar-refractivity contribution >= 4 is 27.8 Å². The van der Waals surface area contributed by atoms with Gasteiger partial charge in [-0.3, -0.25) is 8.97 Å². The average Bonchev–Trinajstić information content (AvgIpc) is 3.91. The van der Waals surface area contributed by atoms with E-state index in [9.17, 15) is 0 Å². The van der Waals surface area contributed by atoms with Crippen molar-refractivity contribution in [1.82, 2.24) is 23.9 Å². The molecule has 0 bridgehead atoms. The molecule has 0 aliphatic carbocycles. The summed E-state index contributed by atoms with van der Waals surface area (Å²) in [5.41, 5.74) is 18.6. The number of fused-ring (bicyclic) bond motifs is 5. The van der Waals surface area contributed by atoms with Crippen molar-refractivity contribution in [3.63, 3.8) is 0 Å². The van der Waals surface area contributed by atoms with Crippen LogP contribution in [0.5, 0.6) is 0 Å². The zero-order chi connectivity index (χ0) is 42.4. The molecule has 64 heavy (non-hydrogen) atoms. The third kappa shape index (κ3) is 6.55. The van der Waals surface area contributed by atoms with E-state index in [1.807, 2.05) is 12.1 Å². The number of hydrogen-bond acceptors (Lipinski definition) is 3. The molecule has 5 nitrogen and oxygen atoms in total. The van der Waals surface area contributed by atoms with E-state index in [2.05, 4.69) is 233 Å². The molecular weight excluding hydrogens is 779 g/mol. The van der Waals surface area contributed by atoms with Gasteiger partial charge in [0.15, 0.2) is 5.82 Å². The van der Waals surface area contributed by atoms with Crippen LogP contribution in [0.1, 0.15) is 0 Å². The highest BCUT2D eigenvalue weighted by Gasteiger charge is 2.25. The van der Waals surface area contributed by atoms with E-state index in [1.165, 1.54) is 0 Å². The number of hydrogen-bond donors (Lipinski definition) is 0. The summed E-state index contributed by atoms with van der Waals surface area (Å²) in [5.74, 6) is 1.48. The van der Waals surface area contributed by atoms with Crippen LogP contribution in [0, 0.1) is 0 Å². The average molecular weight is 818 g/mol. The van der Waals surface area contributed by atoms with Gasteiger partial charge in [0.2, 0.25) is 5.78 Å². The lowest BCUT2D eigenvalue weighted by Gasteiger charge is -2.20. The molecule has 3 aromatic heterocycles. The van der Waals surface area contributed by atoms with Crippen LogP contribution in [0.15, 0.2) is 237 Å². The van der Waals surface area contributed by atoms with E-state index in [0.717, 1.165) is 106 Å². The fourth-order valence-corrected chi connectivity index (χ4v) is 9.06. The predicted molar refractivity (Wildman–Crippen MR) is 263 cm³/mol. The highest BCUT2D eigenvalue weighted by atomic mass is 15.2. The van der Waals surface area contributed by atoms with Gasteiger partial charge in [0.25, 0.3) is 0 Å². The highest BCUT2D eigenvalue weighted by Crippen LogP contribution is 2.44. The lowest BCUT2D eigenvalue weighted by Crippen LogP contribution is -2.03. The number of aromatic nitrogens is 5. The Kier molecular flexibility index (Phi) is 9.08.